The molecule has 1 aliphatic rings. The molecule has 0 radical (unpaired) electrons. The molecule has 5 nitrogen and oxygen atoms in total. The van der Waals surface area contributed by atoms with Gasteiger partial charge in [0.1, 0.15) is 0 Å². The van der Waals surface area contributed by atoms with Crippen LogP contribution in [0.3, 0.4) is 0 Å². The number of allylic oxidation sites excluding steroid dienone is 2. The number of nitrogens with one attached hydrogen (secondary N) is 1. The molecule has 0 fully saturated rings. The van der Waals surface area contributed by atoms with Crippen LogP contribution in [0.1, 0.15) is 45.1 Å². The predicted molar refractivity (Wildman–Crippen MR) is 115 cm³/mol. The van der Waals surface area contributed by atoms with Gasteiger partial charge in [0.15, 0.2) is 0 Å². The van der Waals surface area contributed by atoms with Crippen molar-refractivity contribution in [3.8, 4) is 5.69 Å². The van der Waals surface area contributed by atoms with Crippen LogP contribution in [0.15, 0.2) is 70.1 Å². The van der Waals surface area contributed by atoms with Crippen LogP contribution < -0.4 is 11.0 Å². The highest BCUT2D eigenvalue weighted by Crippen LogP contribution is 2.21. The minimum atomic E-state index is -0.108. The van der Waals surface area contributed by atoms with Gasteiger partial charge in [0.2, 0.25) is 5.95 Å². The first-order valence-electron chi connectivity index (χ1n) is 9.65. The first-order valence-corrected chi connectivity index (χ1v) is 9.65. The molecule has 0 bridgehead atoms. The van der Waals surface area contributed by atoms with E-state index in [0.29, 0.717) is 22.8 Å². The predicted octanol–water partition coefficient (Wildman–Crippen LogP) is 5.02. The van der Waals surface area contributed by atoms with E-state index >= 15 is 0 Å². The highest BCUT2D eigenvalue weighted by atomic mass is 16.1. The summed E-state index contributed by atoms with van der Waals surface area (Å²) in [5.41, 5.74) is 7.88. The summed E-state index contributed by atoms with van der Waals surface area (Å²) in [5.74, 6) is 0.855. The van der Waals surface area contributed by atoms with Gasteiger partial charge >= 0.3 is 0 Å². The van der Waals surface area contributed by atoms with E-state index in [1.54, 1.807) is 4.57 Å². The first kappa shape index (κ1) is 18.2. The van der Waals surface area contributed by atoms with Crippen LogP contribution in [0.5, 0.6) is 0 Å². The molecule has 1 aliphatic carbocycles. The Balaban J connectivity index is 1.85. The number of nitrogens with zero attached hydrogens (tertiary/aromatic N) is 3. The Morgan fingerprint density at radius 2 is 1.82 bits per heavy atom. The van der Waals surface area contributed by atoms with Crippen LogP contribution in [0, 0.1) is 0 Å². The van der Waals surface area contributed by atoms with Crippen LogP contribution >= 0.6 is 0 Å². The lowest BCUT2D eigenvalue weighted by atomic mass is 10.0. The number of hydrogen-bond donors (Lipinski definition) is 1. The van der Waals surface area contributed by atoms with Gasteiger partial charge in [-0.3, -0.25) is 4.79 Å². The van der Waals surface area contributed by atoms with Gasteiger partial charge in [-0.25, -0.2) is 15.0 Å². The maximum atomic E-state index is 13.2. The second-order valence-corrected chi connectivity index (χ2v) is 7.54. The van der Waals surface area contributed by atoms with E-state index in [1.807, 2.05) is 36.4 Å². The molecular formula is C23H24N4O. The minimum absolute atomic E-state index is 0.108. The number of hydrogen-bond acceptors (Lipinski definition) is 4. The summed E-state index contributed by atoms with van der Waals surface area (Å²) in [4.78, 5) is 17.9. The molecule has 0 saturated heterocycles. The third-order valence-corrected chi connectivity index (χ3v) is 5.08. The Hall–Kier alpha value is -3.21. The van der Waals surface area contributed by atoms with Crippen molar-refractivity contribution in [3.05, 3.63) is 76.1 Å². The standard InChI is InChI=1S/C23H24N4O/c1-15(2)17-9-12-19(13-10-17)27-22(28)20-6-4-5-7-21(20)24-23(27)26-25-18-11-8-16(3)14-18/h4-7,9-10,12-15H,8,11H2,1-3H3,(H,24,26)/b25-18-. The second-order valence-electron chi connectivity index (χ2n) is 7.54. The number of rotatable bonds is 4. The number of benzene rings is 2. The Morgan fingerprint density at radius 3 is 2.50 bits per heavy atom. The summed E-state index contributed by atoms with van der Waals surface area (Å²) in [7, 11) is 0. The zero-order chi connectivity index (χ0) is 19.7. The van der Waals surface area contributed by atoms with Crippen LogP contribution in [0.2, 0.25) is 0 Å². The number of fused-ring (bicyclic) bond motifs is 1. The van der Waals surface area contributed by atoms with Crippen LogP contribution in [-0.4, -0.2) is 15.3 Å². The van der Waals surface area contributed by atoms with E-state index in [2.05, 4.69) is 54.5 Å². The van der Waals surface area contributed by atoms with Crippen LogP contribution in [0.25, 0.3) is 16.6 Å². The van der Waals surface area contributed by atoms with Gasteiger partial charge in [-0.05, 0) is 61.6 Å². The van der Waals surface area contributed by atoms with Gasteiger partial charge in [0, 0.05) is 0 Å². The molecule has 28 heavy (non-hydrogen) atoms. The molecule has 0 unspecified atom stereocenters. The number of anilines is 1. The summed E-state index contributed by atoms with van der Waals surface area (Å²) in [6.07, 6.45) is 4.00. The zero-order valence-corrected chi connectivity index (χ0v) is 16.4. The lowest BCUT2D eigenvalue weighted by Gasteiger charge is -2.14. The molecule has 1 N–H and O–H groups in total. The fourth-order valence-electron chi connectivity index (χ4n) is 3.42. The Morgan fingerprint density at radius 1 is 1.07 bits per heavy atom. The van der Waals surface area contributed by atoms with Gasteiger partial charge in [-0.1, -0.05) is 43.7 Å². The third kappa shape index (κ3) is 3.48. The summed E-state index contributed by atoms with van der Waals surface area (Å²) in [5, 5.41) is 5.08. The molecule has 0 atom stereocenters. The molecule has 0 spiro atoms. The molecule has 142 valence electrons. The average Bonchev–Trinajstić information content (AvgIpc) is 3.12. The molecular weight excluding hydrogens is 348 g/mol. The normalized spacial score (nSPS) is 15.4. The largest absolute Gasteiger partial charge is 0.268 e. The smallest absolute Gasteiger partial charge is 0.267 e. The van der Waals surface area contributed by atoms with Crippen molar-refractivity contribution >= 4 is 22.6 Å². The van der Waals surface area contributed by atoms with Crippen molar-refractivity contribution in [2.24, 2.45) is 5.10 Å². The molecule has 2 aromatic carbocycles. The van der Waals surface area contributed by atoms with E-state index in [4.69, 9.17) is 0 Å². The minimum Gasteiger partial charge on any atom is -0.268 e. The SMILES string of the molecule is CC1=C/C(=N\Nc2nc3ccccc3c(=O)n2-c2ccc(C(C)C)cc2)CC1. The van der Waals surface area contributed by atoms with Gasteiger partial charge in [-0.15, -0.1) is 0 Å². The second kappa shape index (κ2) is 7.43. The van der Waals surface area contributed by atoms with E-state index < -0.39 is 0 Å². The summed E-state index contributed by atoms with van der Waals surface area (Å²) >= 11 is 0. The van der Waals surface area contributed by atoms with Crippen molar-refractivity contribution in [1.82, 2.24) is 9.55 Å². The fourth-order valence-corrected chi connectivity index (χ4v) is 3.42. The quantitative estimate of drug-likeness (QED) is 0.654. The summed E-state index contributed by atoms with van der Waals surface area (Å²) in [6.45, 7) is 6.40. The maximum Gasteiger partial charge on any atom is 0.267 e. The summed E-state index contributed by atoms with van der Waals surface area (Å²) < 4.78 is 1.60. The van der Waals surface area contributed by atoms with E-state index in [1.165, 1.54) is 11.1 Å². The molecule has 0 amide bonds. The van der Waals surface area contributed by atoms with Gasteiger partial charge in [0.25, 0.3) is 5.56 Å². The van der Waals surface area contributed by atoms with E-state index in [0.717, 1.165) is 24.2 Å². The first-order chi connectivity index (χ1) is 13.5. The Labute approximate surface area is 164 Å². The number of para-hydroxylation sites is 1. The molecule has 3 aromatic rings. The maximum absolute atomic E-state index is 13.2. The van der Waals surface area contributed by atoms with E-state index in [-0.39, 0.29) is 5.56 Å². The number of hydrazone groups is 1. The monoisotopic (exact) mass is 372 g/mol. The van der Waals surface area contributed by atoms with Gasteiger partial charge in [0.05, 0.1) is 22.3 Å². The lowest BCUT2D eigenvalue weighted by Crippen LogP contribution is -2.23. The Kier molecular flexibility index (Phi) is 4.82. The van der Waals surface area contributed by atoms with Gasteiger partial charge < -0.3 is 0 Å². The summed E-state index contributed by atoms with van der Waals surface area (Å²) in [6, 6.07) is 15.4. The lowest BCUT2D eigenvalue weighted by molar-refractivity contribution is 0.863. The molecule has 0 aliphatic heterocycles. The highest BCUT2D eigenvalue weighted by Gasteiger charge is 2.14. The molecule has 1 heterocycles. The topological polar surface area (TPSA) is 59.3 Å². The van der Waals surface area contributed by atoms with Gasteiger partial charge in [-0.2, -0.15) is 5.10 Å². The van der Waals surface area contributed by atoms with Crippen molar-refractivity contribution in [2.75, 3.05) is 5.43 Å². The number of aromatic nitrogens is 2. The third-order valence-electron chi connectivity index (χ3n) is 5.08. The van der Waals surface area contributed by atoms with Crippen molar-refractivity contribution in [2.45, 2.75) is 39.5 Å². The fraction of sp³-hybridized carbons (Fsp3) is 0.261. The van der Waals surface area contributed by atoms with E-state index in [9.17, 15) is 4.79 Å². The molecule has 5 heteroatoms. The molecule has 1 aromatic heterocycles. The molecule has 0 saturated carbocycles. The van der Waals surface area contributed by atoms with Crippen molar-refractivity contribution in [3.63, 3.8) is 0 Å². The van der Waals surface area contributed by atoms with Crippen LogP contribution in [-0.2, 0) is 0 Å². The Bertz CT molecular complexity index is 1140. The average molecular weight is 372 g/mol. The molecule has 4 rings (SSSR count). The van der Waals surface area contributed by atoms with Crippen LogP contribution in [0.4, 0.5) is 5.95 Å². The zero-order valence-electron chi connectivity index (χ0n) is 16.4. The highest BCUT2D eigenvalue weighted by molar-refractivity contribution is 5.98. The van der Waals surface area contributed by atoms with Crippen molar-refractivity contribution in [1.29, 1.82) is 0 Å². The van der Waals surface area contributed by atoms with Crippen molar-refractivity contribution < 1.29 is 0 Å².